The fourth-order valence-electron chi connectivity index (χ4n) is 3.49. The van der Waals surface area contributed by atoms with E-state index in [-0.39, 0.29) is 0 Å². The van der Waals surface area contributed by atoms with Gasteiger partial charge in [0, 0.05) is 38.9 Å². The van der Waals surface area contributed by atoms with Crippen LogP contribution in [0.1, 0.15) is 17.5 Å². The number of halogens is 1. The van der Waals surface area contributed by atoms with Crippen LogP contribution < -0.4 is 20.3 Å². The first-order valence-corrected chi connectivity index (χ1v) is 9.94. The summed E-state index contributed by atoms with van der Waals surface area (Å²) >= 11 is 6.28. The quantitative estimate of drug-likeness (QED) is 0.575. The van der Waals surface area contributed by atoms with Crippen LogP contribution in [0.25, 0.3) is 0 Å². The number of aromatic nitrogens is 1. The predicted octanol–water partition coefficient (Wildman–Crippen LogP) is 3.04. The lowest BCUT2D eigenvalue weighted by molar-refractivity contribution is 0.409. The SMILES string of the molecule is CN=C(NCCc1cc(C)ccc1OC)NC1CCN(c2ncccc2Cl)C1. The van der Waals surface area contributed by atoms with E-state index < -0.39 is 0 Å². The van der Waals surface area contributed by atoms with Crippen molar-refractivity contribution in [1.82, 2.24) is 15.6 Å². The number of methoxy groups -OCH3 is 1. The molecule has 28 heavy (non-hydrogen) atoms. The standard InChI is InChI=1S/C21H28ClN5O/c1-15-6-7-19(28-3)16(13-15)8-11-25-21(23-2)26-17-9-12-27(14-17)20-18(22)5-4-10-24-20/h4-7,10,13,17H,8-9,11-12,14H2,1-3H3,(H2,23,25,26). The van der Waals surface area contributed by atoms with Gasteiger partial charge in [-0.1, -0.05) is 29.3 Å². The summed E-state index contributed by atoms with van der Waals surface area (Å²) in [6.45, 7) is 4.65. The van der Waals surface area contributed by atoms with Crippen molar-refractivity contribution >= 4 is 23.4 Å². The van der Waals surface area contributed by atoms with Gasteiger partial charge in [-0.15, -0.1) is 0 Å². The molecule has 1 aromatic carbocycles. The molecular formula is C21H28ClN5O. The van der Waals surface area contributed by atoms with E-state index in [0.29, 0.717) is 11.1 Å². The van der Waals surface area contributed by atoms with Gasteiger partial charge in [0.25, 0.3) is 0 Å². The number of anilines is 1. The Morgan fingerprint density at radius 2 is 2.25 bits per heavy atom. The van der Waals surface area contributed by atoms with Gasteiger partial charge in [0.05, 0.1) is 12.1 Å². The van der Waals surface area contributed by atoms with Gasteiger partial charge in [-0.25, -0.2) is 4.98 Å². The summed E-state index contributed by atoms with van der Waals surface area (Å²) in [6.07, 6.45) is 3.66. The molecule has 1 aliphatic rings. The van der Waals surface area contributed by atoms with Crippen molar-refractivity contribution in [3.8, 4) is 5.75 Å². The van der Waals surface area contributed by atoms with E-state index in [1.807, 2.05) is 18.2 Å². The van der Waals surface area contributed by atoms with Crippen LogP contribution in [0.15, 0.2) is 41.5 Å². The molecular weight excluding hydrogens is 374 g/mol. The number of nitrogens with one attached hydrogen (secondary N) is 2. The van der Waals surface area contributed by atoms with Crippen LogP contribution in [-0.2, 0) is 6.42 Å². The fraction of sp³-hybridized carbons (Fsp3) is 0.429. The molecule has 150 valence electrons. The Labute approximate surface area is 172 Å². The molecule has 1 unspecified atom stereocenters. The summed E-state index contributed by atoms with van der Waals surface area (Å²) in [5, 5.41) is 7.60. The molecule has 1 saturated heterocycles. The molecule has 1 fully saturated rings. The molecule has 1 aliphatic heterocycles. The van der Waals surface area contributed by atoms with E-state index >= 15 is 0 Å². The number of guanidine groups is 1. The summed E-state index contributed by atoms with van der Waals surface area (Å²) in [6, 6.07) is 10.3. The first-order chi connectivity index (χ1) is 13.6. The summed E-state index contributed by atoms with van der Waals surface area (Å²) < 4.78 is 5.46. The average molecular weight is 402 g/mol. The van der Waals surface area contributed by atoms with Crippen LogP contribution in [0.3, 0.4) is 0 Å². The molecule has 0 aliphatic carbocycles. The van der Waals surface area contributed by atoms with Gasteiger partial charge in [-0.05, 0) is 43.5 Å². The van der Waals surface area contributed by atoms with E-state index in [4.69, 9.17) is 16.3 Å². The van der Waals surface area contributed by atoms with E-state index in [2.05, 4.69) is 44.6 Å². The molecule has 0 saturated carbocycles. The van der Waals surface area contributed by atoms with Crippen molar-refractivity contribution in [2.45, 2.75) is 25.8 Å². The first kappa shape index (κ1) is 20.3. The topological polar surface area (TPSA) is 61.8 Å². The molecule has 6 nitrogen and oxygen atoms in total. The van der Waals surface area contributed by atoms with Gasteiger partial charge < -0.3 is 20.3 Å². The number of hydrogen-bond acceptors (Lipinski definition) is 4. The van der Waals surface area contributed by atoms with Crippen molar-refractivity contribution in [2.75, 3.05) is 38.7 Å². The van der Waals surface area contributed by atoms with Crippen LogP contribution in [-0.4, -0.2) is 50.8 Å². The van der Waals surface area contributed by atoms with Crippen molar-refractivity contribution in [3.63, 3.8) is 0 Å². The Hall–Kier alpha value is -2.47. The summed E-state index contributed by atoms with van der Waals surface area (Å²) in [7, 11) is 3.51. The van der Waals surface area contributed by atoms with Gasteiger partial charge in [0.15, 0.2) is 5.96 Å². The highest BCUT2D eigenvalue weighted by Gasteiger charge is 2.25. The lowest BCUT2D eigenvalue weighted by Gasteiger charge is -2.20. The molecule has 0 radical (unpaired) electrons. The minimum Gasteiger partial charge on any atom is -0.496 e. The number of nitrogens with zero attached hydrogens (tertiary/aromatic N) is 3. The largest absolute Gasteiger partial charge is 0.496 e. The molecule has 0 bridgehead atoms. The number of ether oxygens (including phenoxy) is 1. The maximum absolute atomic E-state index is 6.28. The molecule has 1 atom stereocenters. The molecule has 1 aromatic heterocycles. The van der Waals surface area contributed by atoms with Gasteiger partial charge in [-0.2, -0.15) is 0 Å². The van der Waals surface area contributed by atoms with Gasteiger partial charge in [0.2, 0.25) is 0 Å². The van der Waals surface area contributed by atoms with Gasteiger partial charge >= 0.3 is 0 Å². The normalized spacial score (nSPS) is 16.9. The van der Waals surface area contributed by atoms with E-state index in [0.717, 1.165) is 50.0 Å². The number of benzene rings is 1. The van der Waals surface area contributed by atoms with Gasteiger partial charge in [0.1, 0.15) is 11.6 Å². The van der Waals surface area contributed by atoms with Crippen LogP contribution >= 0.6 is 11.6 Å². The molecule has 7 heteroatoms. The number of pyridine rings is 1. The Balaban J connectivity index is 1.50. The van der Waals surface area contributed by atoms with Crippen molar-refractivity contribution < 1.29 is 4.74 Å². The first-order valence-electron chi connectivity index (χ1n) is 9.57. The Kier molecular flexibility index (Phi) is 6.98. The van der Waals surface area contributed by atoms with Crippen LogP contribution in [0.5, 0.6) is 5.75 Å². The maximum Gasteiger partial charge on any atom is 0.191 e. The molecule has 0 amide bonds. The number of aryl methyl sites for hydroxylation is 1. The van der Waals surface area contributed by atoms with E-state index in [9.17, 15) is 0 Å². The highest BCUT2D eigenvalue weighted by molar-refractivity contribution is 6.32. The molecule has 2 N–H and O–H groups in total. The summed E-state index contributed by atoms with van der Waals surface area (Å²) in [5.41, 5.74) is 2.43. The lowest BCUT2D eigenvalue weighted by Crippen LogP contribution is -2.45. The highest BCUT2D eigenvalue weighted by atomic mass is 35.5. The van der Waals surface area contributed by atoms with E-state index in [1.54, 1.807) is 20.4 Å². The average Bonchev–Trinajstić information content (AvgIpc) is 3.16. The van der Waals surface area contributed by atoms with E-state index in [1.165, 1.54) is 11.1 Å². The highest BCUT2D eigenvalue weighted by Crippen LogP contribution is 2.25. The van der Waals surface area contributed by atoms with Crippen molar-refractivity contribution in [3.05, 3.63) is 52.7 Å². The molecule has 2 aromatic rings. The third-order valence-electron chi connectivity index (χ3n) is 4.91. The third kappa shape index (κ3) is 5.07. The molecule has 2 heterocycles. The minimum absolute atomic E-state index is 0.303. The van der Waals surface area contributed by atoms with Crippen LogP contribution in [0, 0.1) is 6.92 Å². The second-order valence-electron chi connectivity index (χ2n) is 6.95. The second-order valence-corrected chi connectivity index (χ2v) is 7.36. The third-order valence-corrected chi connectivity index (χ3v) is 5.21. The lowest BCUT2D eigenvalue weighted by atomic mass is 10.1. The smallest absolute Gasteiger partial charge is 0.191 e. The fourth-order valence-corrected chi connectivity index (χ4v) is 3.73. The Bertz CT molecular complexity index is 826. The number of aliphatic imine (C=N–C) groups is 1. The summed E-state index contributed by atoms with van der Waals surface area (Å²) in [5.74, 6) is 2.59. The number of rotatable bonds is 6. The molecule has 0 spiro atoms. The zero-order valence-corrected chi connectivity index (χ0v) is 17.5. The zero-order chi connectivity index (χ0) is 19.9. The Morgan fingerprint density at radius 1 is 1.39 bits per heavy atom. The monoisotopic (exact) mass is 401 g/mol. The second kappa shape index (κ2) is 9.64. The Morgan fingerprint density at radius 3 is 3.00 bits per heavy atom. The maximum atomic E-state index is 6.28. The summed E-state index contributed by atoms with van der Waals surface area (Å²) in [4.78, 5) is 11.0. The van der Waals surface area contributed by atoms with Crippen LogP contribution in [0.2, 0.25) is 5.02 Å². The minimum atomic E-state index is 0.303. The van der Waals surface area contributed by atoms with Crippen molar-refractivity contribution in [1.29, 1.82) is 0 Å². The predicted molar refractivity (Wildman–Crippen MR) is 116 cm³/mol. The van der Waals surface area contributed by atoms with Crippen molar-refractivity contribution in [2.24, 2.45) is 4.99 Å². The zero-order valence-electron chi connectivity index (χ0n) is 16.7. The number of hydrogen-bond donors (Lipinski definition) is 2. The van der Waals surface area contributed by atoms with Crippen LogP contribution in [0.4, 0.5) is 5.82 Å². The molecule has 3 rings (SSSR count). The van der Waals surface area contributed by atoms with Gasteiger partial charge in [-0.3, -0.25) is 4.99 Å².